The molecular formula is C24H38N4O6. The van der Waals surface area contributed by atoms with E-state index in [2.05, 4.69) is 21.3 Å². The Hall–Kier alpha value is -3.30. The van der Waals surface area contributed by atoms with Crippen molar-refractivity contribution < 1.29 is 28.7 Å². The summed E-state index contributed by atoms with van der Waals surface area (Å²) in [4.78, 5) is 49.3. The van der Waals surface area contributed by atoms with Crippen LogP contribution in [0.3, 0.4) is 0 Å². The number of hydrogen-bond acceptors (Lipinski definition) is 6. The molecule has 0 saturated heterocycles. The number of alkyl carbamates (subject to hydrolysis) is 1. The zero-order valence-corrected chi connectivity index (χ0v) is 20.8. The summed E-state index contributed by atoms with van der Waals surface area (Å²) in [5, 5.41) is 10.5. The highest BCUT2D eigenvalue weighted by Crippen LogP contribution is 2.08. The van der Waals surface area contributed by atoms with E-state index in [4.69, 9.17) is 9.47 Å². The Morgan fingerprint density at radius 2 is 1.56 bits per heavy atom. The van der Waals surface area contributed by atoms with Gasteiger partial charge in [-0.1, -0.05) is 58.0 Å². The van der Waals surface area contributed by atoms with Gasteiger partial charge in [0.05, 0.1) is 7.11 Å². The second-order valence-electron chi connectivity index (χ2n) is 8.62. The minimum Gasteiger partial charge on any atom is -0.467 e. The highest BCUT2D eigenvalue weighted by Gasteiger charge is 2.27. The maximum Gasteiger partial charge on any atom is 0.408 e. The van der Waals surface area contributed by atoms with Gasteiger partial charge in [-0.15, -0.1) is 0 Å². The Labute approximate surface area is 201 Å². The summed E-state index contributed by atoms with van der Waals surface area (Å²) in [5.74, 6) is -0.995. The number of nitrogens with one attached hydrogen (secondary N) is 4. The van der Waals surface area contributed by atoms with Gasteiger partial charge in [0, 0.05) is 0 Å². The zero-order chi connectivity index (χ0) is 25.7. The van der Waals surface area contributed by atoms with E-state index in [-0.39, 0.29) is 18.4 Å². The van der Waals surface area contributed by atoms with E-state index in [1.165, 1.54) is 14.0 Å². The van der Waals surface area contributed by atoms with Crippen LogP contribution in [0.25, 0.3) is 0 Å². The van der Waals surface area contributed by atoms with Crippen LogP contribution in [0.15, 0.2) is 30.3 Å². The normalized spacial score (nSPS) is 14.2. The summed E-state index contributed by atoms with van der Waals surface area (Å²) < 4.78 is 9.91. The third kappa shape index (κ3) is 10.5. The van der Waals surface area contributed by atoms with Crippen LogP contribution in [0.4, 0.5) is 9.59 Å². The summed E-state index contributed by atoms with van der Waals surface area (Å²) in [7, 11) is 1.26. The van der Waals surface area contributed by atoms with Crippen LogP contribution in [-0.4, -0.2) is 49.4 Å². The van der Waals surface area contributed by atoms with E-state index < -0.39 is 42.3 Å². The third-order valence-corrected chi connectivity index (χ3v) is 5.24. The molecule has 0 spiro atoms. The van der Waals surface area contributed by atoms with Crippen molar-refractivity contribution >= 4 is 24.0 Å². The van der Waals surface area contributed by atoms with E-state index >= 15 is 0 Å². The van der Waals surface area contributed by atoms with E-state index in [9.17, 15) is 19.2 Å². The number of ether oxygens (including phenoxy) is 2. The summed E-state index contributed by atoms with van der Waals surface area (Å²) in [6.45, 7) is 9.23. The molecule has 0 aliphatic carbocycles. The van der Waals surface area contributed by atoms with Crippen LogP contribution in [0, 0.1) is 11.8 Å². The van der Waals surface area contributed by atoms with Crippen molar-refractivity contribution in [2.75, 3.05) is 7.11 Å². The molecule has 4 N–H and O–H groups in total. The number of carbonyl (C=O) groups excluding carboxylic acids is 4. The quantitative estimate of drug-likeness (QED) is 0.269. The topological polar surface area (TPSA) is 135 Å². The lowest BCUT2D eigenvalue weighted by molar-refractivity contribution is -0.143. The molecule has 0 radical (unpaired) electrons. The molecule has 1 aromatic carbocycles. The van der Waals surface area contributed by atoms with Crippen LogP contribution < -0.4 is 21.3 Å². The third-order valence-electron chi connectivity index (χ3n) is 5.24. The number of urea groups is 1. The second kappa shape index (κ2) is 14.8. The summed E-state index contributed by atoms with van der Waals surface area (Å²) in [5.41, 5.74) is 0.824. The van der Waals surface area contributed by atoms with Crippen molar-refractivity contribution in [1.82, 2.24) is 21.3 Å². The lowest BCUT2D eigenvalue weighted by Crippen LogP contribution is -2.59. The predicted octanol–water partition coefficient (Wildman–Crippen LogP) is 2.68. The highest BCUT2D eigenvalue weighted by molar-refractivity contribution is 5.86. The van der Waals surface area contributed by atoms with Gasteiger partial charge in [0.1, 0.15) is 24.9 Å². The molecular weight excluding hydrogens is 440 g/mol. The molecule has 190 valence electrons. The Morgan fingerprint density at radius 1 is 0.912 bits per heavy atom. The Morgan fingerprint density at radius 3 is 2.12 bits per heavy atom. The summed E-state index contributed by atoms with van der Waals surface area (Å²) in [6, 6.07) is 6.86. The molecule has 10 heteroatoms. The molecule has 0 aromatic heterocycles. The molecule has 0 aliphatic heterocycles. The smallest absolute Gasteiger partial charge is 0.408 e. The van der Waals surface area contributed by atoms with Crippen molar-refractivity contribution in [2.45, 2.75) is 72.3 Å². The van der Waals surface area contributed by atoms with Crippen molar-refractivity contribution in [3.05, 3.63) is 35.9 Å². The largest absolute Gasteiger partial charge is 0.467 e. The SMILES string of the molecule is CC[C@H](C)[C@@H](NC(=O)N[C@@H](CC(C)C)C(=O)OC)NC(=O)[C@H](C)NC(=O)OCc1ccccc1. The highest BCUT2D eigenvalue weighted by atomic mass is 16.5. The first-order valence-corrected chi connectivity index (χ1v) is 11.5. The van der Waals surface area contributed by atoms with Crippen LogP contribution >= 0.6 is 0 Å². The van der Waals surface area contributed by atoms with Crippen molar-refractivity contribution in [1.29, 1.82) is 0 Å². The van der Waals surface area contributed by atoms with Gasteiger partial charge in [0.25, 0.3) is 0 Å². The van der Waals surface area contributed by atoms with Crippen molar-refractivity contribution in [3.8, 4) is 0 Å². The van der Waals surface area contributed by atoms with Crippen LogP contribution in [-0.2, 0) is 25.7 Å². The van der Waals surface area contributed by atoms with Gasteiger partial charge < -0.3 is 30.7 Å². The number of rotatable bonds is 12. The van der Waals surface area contributed by atoms with E-state index in [1.54, 1.807) is 0 Å². The standard InChI is InChI=1S/C24H38N4O6/c1-7-16(4)20(28-23(31)26-19(13-15(2)3)22(30)33-6)27-21(29)17(5)25-24(32)34-14-18-11-9-8-10-12-18/h8-12,15-17,19-20H,7,13-14H2,1-6H3,(H,25,32)(H,27,29)(H2,26,28,31)/t16-,17-,19-,20+/m0/s1. The maximum atomic E-state index is 12.7. The molecule has 0 aliphatic rings. The molecule has 1 rings (SSSR count). The first kappa shape index (κ1) is 28.7. The molecule has 1 aromatic rings. The summed E-state index contributed by atoms with van der Waals surface area (Å²) in [6.07, 6.45) is -0.378. The zero-order valence-electron chi connectivity index (χ0n) is 20.8. The average Bonchev–Trinajstić information content (AvgIpc) is 2.81. The maximum absolute atomic E-state index is 12.7. The molecule has 0 saturated carbocycles. The molecule has 34 heavy (non-hydrogen) atoms. The van der Waals surface area contributed by atoms with Gasteiger partial charge in [-0.2, -0.15) is 0 Å². The van der Waals surface area contributed by atoms with Crippen molar-refractivity contribution in [2.24, 2.45) is 11.8 Å². The number of esters is 1. The average molecular weight is 479 g/mol. The van der Waals surface area contributed by atoms with Crippen molar-refractivity contribution in [3.63, 3.8) is 0 Å². The van der Waals surface area contributed by atoms with Gasteiger partial charge in [0.2, 0.25) is 5.91 Å². The van der Waals surface area contributed by atoms with Gasteiger partial charge in [0.15, 0.2) is 0 Å². The molecule has 10 nitrogen and oxygen atoms in total. The fourth-order valence-corrected chi connectivity index (χ4v) is 3.01. The van der Waals surface area contributed by atoms with Crippen LogP contribution in [0.5, 0.6) is 0 Å². The number of hydrogen-bond donors (Lipinski definition) is 4. The first-order chi connectivity index (χ1) is 16.1. The lowest BCUT2D eigenvalue weighted by atomic mass is 10.0. The number of methoxy groups -OCH3 is 1. The van der Waals surface area contributed by atoms with Gasteiger partial charge >= 0.3 is 18.1 Å². The monoisotopic (exact) mass is 478 g/mol. The van der Waals surface area contributed by atoms with Crippen LogP contribution in [0.2, 0.25) is 0 Å². The number of benzene rings is 1. The minimum absolute atomic E-state index is 0.0793. The Kier molecular flexibility index (Phi) is 12.5. The van der Waals surface area contributed by atoms with Gasteiger partial charge in [-0.3, -0.25) is 4.79 Å². The molecule has 0 bridgehead atoms. The molecule has 0 heterocycles. The Bertz CT molecular complexity index is 802. The fraction of sp³-hybridized carbons (Fsp3) is 0.583. The lowest BCUT2D eigenvalue weighted by Gasteiger charge is -2.28. The summed E-state index contributed by atoms with van der Waals surface area (Å²) >= 11 is 0. The molecule has 4 atom stereocenters. The molecule has 4 amide bonds. The predicted molar refractivity (Wildman–Crippen MR) is 128 cm³/mol. The molecule has 0 fully saturated rings. The minimum atomic E-state index is -0.900. The van der Waals surface area contributed by atoms with Gasteiger partial charge in [-0.25, -0.2) is 14.4 Å². The number of amides is 4. The first-order valence-electron chi connectivity index (χ1n) is 11.5. The van der Waals surface area contributed by atoms with Gasteiger partial charge in [-0.05, 0) is 37.2 Å². The fourth-order valence-electron chi connectivity index (χ4n) is 3.01. The van der Waals surface area contributed by atoms with Crippen LogP contribution in [0.1, 0.15) is 53.0 Å². The van der Waals surface area contributed by atoms with E-state index in [1.807, 2.05) is 58.0 Å². The van der Waals surface area contributed by atoms with E-state index in [0.717, 1.165) is 5.56 Å². The Balaban J connectivity index is 2.66. The molecule has 0 unspecified atom stereocenters. The van der Waals surface area contributed by atoms with E-state index in [0.29, 0.717) is 12.8 Å². The second-order valence-corrected chi connectivity index (χ2v) is 8.62. The number of carbonyl (C=O) groups is 4.